The summed E-state index contributed by atoms with van der Waals surface area (Å²) in [6.07, 6.45) is 1.67. The van der Waals surface area contributed by atoms with E-state index in [2.05, 4.69) is 15.5 Å². The predicted octanol–water partition coefficient (Wildman–Crippen LogP) is 4.43. The molecule has 1 amide bonds. The Balaban J connectivity index is 1.59. The molecule has 0 unspecified atom stereocenters. The number of aryl methyl sites for hydroxylation is 1. The van der Waals surface area contributed by atoms with Gasteiger partial charge in [0.2, 0.25) is 5.91 Å². The Hall–Kier alpha value is -3.91. The third-order valence-corrected chi connectivity index (χ3v) is 5.92. The molecule has 0 saturated heterocycles. The highest BCUT2D eigenvalue weighted by molar-refractivity contribution is 6.30. The number of nitrogens with one attached hydrogen (secondary N) is 1. The molecule has 1 atom stereocenters. The van der Waals surface area contributed by atoms with Crippen molar-refractivity contribution in [1.29, 1.82) is 0 Å². The van der Waals surface area contributed by atoms with Crippen molar-refractivity contribution in [1.82, 2.24) is 20.1 Å². The molecule has 34 heavy (non-hydrogen) atoms. The lowest BCUT2D eigenvalue weighted by Crippen LogP contribution is -2.25. The van der Waals surface area contributed by atoms with Gasteiger partial charge in [0.25, 0.3) is 0 Å². The SMILES string of the molecule is COc1ccc2c(c1)C(c1ccc(Cl)cc1)=N[C@@H](CC(=O)NCc1ccco1)c1nnc(C)n1-2. The van der Waals surface area contributed by atoms with Crippen LogP contribution in [-0.4, -0.2) is 33.5 Å². The summed E-state index contributed by atoms with van der Waals surface area (Å²) < 4.78 is 12.8. The van der Waals surface area contributed by atoms with Crippen molar-refractivity contribution in [3.05, 3.63) is 94.4 Å². The number of carbonyl (C=O) groups excluding carboxylic acids is 1. The van der Waals surface area contributed by atoms with Crippen LogP contribution in [0.5, 0.6) is 5.75 Å². The van der Waals surface area contributed by atoms with Crippen LogP contribution in [0.4, 0.5) is 0 Å². The Bertz CT molecular complexity index is 1360. The van der Waals surface area contributed by atoms with E-state index in [1.165, 1.54) is 0 Å². The lowest BCUT2D eigenvalue weighted by atomic mass is 10.00. The molecule has 172 valence electrons. The van der Waals surface area contributed by atoms with Crippen LogP contribution < -0.4 is 10.1 Å². The van der Waals surface area contributed by atoms with Crippen LogP contribution >= 0.6 is 11.6 Å². The van der Waals surface area contributed by atoms with E-state index in [4.69, 9.17) is 25.7 Å². The monoisotopic (exact) mass is 475 g/mol. The minimum atomic E-state index is -0.554. The molecule has 1 N–H and O–H groups in total. The number of fused-ring (bicyclic) bond motifs is 3. The van der Waals surface area contributed by atoms with E-state index < -0.39 is 6.04 Å². The van der Waals surface area contributed by atoms with Gasteiger partial charge in [-0.2, -0.15) is 0 Å². The van der Waals surface area contributed by atoms with Crippen molar-refractivity contribution in [2.75, 3.05) is 7.11 Å². The summed E-state index contributed by atoms with van der Waals surface area (Å²) in [7, 11) is 1.62. The maximum Gasteiger partial charge on any atom is 0.223 e. The van der Waals surface area contributed by atoms with Crippen molar-refractivity contribution < 1.29 is 13.9 Å². The number of aromatic nitrogens is 3. The summed E-state index contributed by atoms with van der Waals surface area (Å²) in [5.41, 5.74) is 3.31. The van der Waals surface area contributed by atoms with Crippen LogP contribution in [0.3, 0.4) is 0 Å². The zero-order valence-electron chi connectivity index (χ0n) is 18.7. The number of amides is 1. The number of halogens is 1. The van der Waals surface area contributed by atoms with E-state index in [9.17, 15) is 4.79 Å². The molecule has 0 fully saturated rings. The van der Waals surface area contributed by atoms with Gasteiger partial charge in [-0.05, 0) is 49.4 Å². The van der Waals surface area contributed by atoms with E-state index in [1.54, 1.807) is 19.4 Å². The van der Waals surface area contributed by atoms with Crippen molar-refractivity contribution in [3.63, 3.8) is 0 Å². The second-order valence-electron chi connectivity index (χ2n) is 7.88. The van der Waals surface area contributed by atoms with Crippen LogP contribution in [0, 0.1) is 6.92 Å². The smallest absolute Gasteiger partial charge is 0.223 e. The molecule has 0 saturated carbocycles. The highest BCUT2D eigenvalue weighted by Crippen LogP contribution is 2.34. The van der Waals surface area contributed by atoms with Crippen LogP contribution in [0.25, 0.3) is 5.69 Å². The molecule has 0 radical (unpaired) electrons. The molecular weight excluding hydrogens is 454 g/mol. The van der Waals surface area contributed by atoms with Gasteiger partial charge in [0.05, 0.1) is 37.7 Å². The average Bonchev–Trinajstić information content (AvgIpc) is 3.48. The Morgan fingerprint density at radius 2 is 2.00 bits per heavy atom. The fraction of sp³-hybridized carbons (Fsp3) is 0.200. The topological polar surface area (TPSA) is 94.5 Å². The number of carbonyl (C=O) groups is 1. The zero-order valence-corrected chi connectivity index (χ0v) is 19.4. The van der Waals surface area contributed by atoms with Gasteiger partial charge in [-0.15, -0.1) is 10.2 Å². The molecule has 0 spiro atoms. The number of benzene rings is 2. The number of rotatable bonds is 6. The Kier molecular flexibility index (Phi) is 5.90. The summed E-state index contributed by atoms with van der Waals surface area (Å²) in [6.45, 7) is 2.18. The van der Waals surface area contributed by atoms with E-state index >= 15 is 0 Å². The zero-order chi connectivity index (χ0) is 23.7. The van der Waals surface area contributed by atoms with Gasteiger partial charge in [-0.25, -0.2) is 0 Å². The number of furan rings is 1. The first-order chi connectivity index (χ1) is 16.5. The van der Waals surface area contributed by atoms with Gasteiger partial charge in [-0.3, -0.25) is 14.4 Å². The minimum absolute atomic E-state index is 0.0983. The lowest BCUT2D eigenvalue weighted by molar-refractivity contribution is -0.121. The molecule has 5 rings (SSSR count). The summed E-state index contributed by atoms with van der Waals surface area (Å²) in [6, 6.07) is 16.3. The van der Waals surface area contributed by atoms with Gasteiger partial charge in [0.15, 0.2) is 5.82 Å². The second kappa shape index (κ2) is 9.15. The second-order valence-corrected chi connectivity index (χ2v) is 8.32. The molecule has 2 aromatic carbocycles. The van der Waals surface area contributed by atoms with Crippen molar-refractivity contribution in [3.8, 4) is 11.4 Å². The molecule has 0 bridgehead atoms. The molecule has 8 nitrogen and oxygen atoms in total. The van der Waals surface area contributed by atoms with E-state index in [0.29, 0.717) is 34.7 Å². The Morgan fingerprint density at radius 3 is 2.74 bits per heavy atom. The quantitative estimate of drug-likeness (QED) is 0.445. The first-order valence-electron chi connectivity index (χ1n) is 10.8. The highest BCUT2D eigenvalue weighted by atomic mass is 35.5. The van der Waals surface area contributed by atoms with E-state index in [1.807, 2.05) is 60.0 Å². The largest absolute Gasteiger partial charge is 0.497 e. The Morgan fingerprint density at radius 1 is 1.18 bits per heavy atom. The molecule has 9 heteroatoms. The maximum absolute atomic E-state index is 12.9. The number of methoxy groups -OCH3 is 1. The molecule has 0 aliphatic carbocycles. The van der Waals surface area contributed by atoms with Crippen LogP contribution in [0.15, 0.2) is 70.3 Å². The first kappa shape index (κ1) is 21.9. The van der Waals surface area contributed by atoms with Crippen molar-refractivity contribution in [2.45, 2.75) is 25.9 Å². The van der Waals surface area contributed by atoms with Crippen molar-refractivity contribution >= 4 is 23.2 Å². The number of nitrogens with zero attached hydrogens (tertiary/aromatic N) is 4. The van der Waals surface area contributed by atoms with Gasteiger partial charge in [0.1, 0.15) is 23.4 Å². The summed E-state index contributed by atoms with van der Waals surface area (Å²) >= 11 is 6.14. The molecule has 3 heterocycles. The summed E-state index contributed by atoms with van der Waals surface area (Å²) in [5.74, 6) is 2.51. The summed E-state index contributed by atoms with van der Waals surface area (Å²) in [5, 5.41) is 12.2. The number of hydrogen-bond acceptors (Lipinski definition) is 6. The van der Waals surface area contributed by atoms with E-state index in [0.717, 1.165) is 22.5 Å². The Labute approximate surface area is 201 Å². The number of aliphatic imine (C=N–C) groups is 1. The van der Waals surface area contributed by atoms with Crippen LogP contribution in [0.1, 0.15) is 41.0 Å². The first-order valence-corrected chi connectivity index (χ1v) is 11.1. The molecule has 1 aliphatic rings. The van der Waals surface area contributed by atoms with Crippen LogP contribution in [0.2, 0.25) is 5.02 Å². The van der Waals surface area contributed by atoms with Crippen LogP contribution in [-0.2, 0) is 11.3 Å². The standard InChI is InChI=1S/C25H22ClN5O3/c1-15-29-30-25-21(13-23(32)27-14-19-4-3-11-34-19)28-24(16-5-7-17(26)8-6-16)20-12-18(33-2)9-10-22(20)31(15)25/h3-12,21H,13-14H2,1-2H3,(H,27,32)/t21-/m0/s1. The lowest BCUT2D eigenvalue weighted by Gasteiger charge is -2.14. The van der Waals surface area contributed by atoms with E-state index in [-0.39, 0.29) is 12.3 Å². The highest BCUT2D eigenvalue weighted by Gasteiger charge is 2.30. The fourth-order valence-corrected chi connectivity index (χ4v) is 4.15. The van der Waals surface area contributed by atoms with Gasteiger partial charge in [0, 0.05) is 16.1 Å². The maximum atomic E-state index is 12.9. The molecule has 2 aromatic heterocycles. The fourth-order valence-electron chi connectivity index (χ4n) is 4.02. The minimum Gasteiger partial charge on any atom is -0.497 e. The normalized spacial score (nSPS) is 14.6. The van der Waals surface area contributed by atoms with Gasteiger partial charge >= 0.3 is 0 Å². The van der Waals surface area contributed by atoms with Gasteiger partial charge in [-0.1, -0.05) is 23.7 Å². The average molecular weight is 476 g/mol. The third kappa shape index (κ3) is 4.20. The molecule has 4 aromatic rings. The number of hydrogen-bond donors (Lipinski definition) is 1. The summed E-state index contributed by atoms with van der Waals surface area (Å²) in [4.78, 5) is 17.9. The predicted molar refractivity (Wildman–Crippen MR) is 128 cm³/mol. The number of ether oxygens (including phenoxy) is 1. The molecule has 1 aliphatic heterocycles. The van der Waals surface area contributed by atoms with Gasteiger partial charge < -0.3 is 14.5 Å². The molecular formula is C25H22ClN5O3. The van der Waals surface area contributed by atoms with Crippen molar-refractivity contribution in [2.24, 2.45) is 4.99 Å². The third-order valence-electron chi connectivity index (χ3n) is 5.67.